The molecule has 2 unspecified atom stereocenters. The van der Waals surface area contributed by atoms with Gasteiger partial charge in [-0.3, -0.25) is 14.5 Å². The molecule has 0 radical (unpaired) electrons. The molecule has 1 heterocycles. The van der Waals surface area contributed by atoms with Gasteiger partial charge in [0.25, 0.3) is 0 Å². The van der Waals surface area contributed by atoms with Gasteiger partial charge < -0.3 is 15.4 Å². The molecule has 144 valence electrons. The number of nitrogens with zero attached hydrogens (tertiary/aromatic N) is 1. The topological polar surface area (TPSA) is 70.7 Å². The minimum Gasteiger partial charge on any atom is -0.373 e. The first-order chi connectivity index (χ1) is 12.4. The summed E-state index contributed by atoms with van der Waals surface area (Å²) in [6, 6.07) is 5.87. The first kappa shape index (κ1) is 20.3. The molecule has 2 N–H and O–H groups in total. The van der Waals surface area contributed by atoms with Crippen LogP contribution in [0.2, 0.25) is 0 Å². The van der Waals surface area contributed by atoms with Crippen LogP contribution in [0.1, 0.15) is 25.8 Å². The Morgan fingerprint density at radius 1 is 1.19 bits per heavy atom. The second kappa shape index (κ2) is 10.2. The van der Waals surface area contributed by atoms with E-state index in [0.717, 1.165) is 26.1 Å². The number of hydrogen-bond acceptors (Lipinski definition) is 4. The van der Waals surface area contributed by atoms with Crippen LogP contribution in [0.15, 0.2) is 24.3 Å². The normalized spacial score (nSPS) is 20.6. The fourth-order valence-corrected chi connectivity index (χ4v) is 3.13. The number of amides is 2. The van der Waals surface area contributed by atoms with E-state index in [2.05, 4.69) is 29.4 Å². The van der Waals surface area contributed by atoms with Gasteiger partial charge in [-0.1, -0.05) is 12.1 Å². The van der Waals surface area contributed by atoms with E-state index in [1.165, 1.54) is 12.1 Å². The Labute approximate surface area is 154 Å². The molecule has 0 spiro atoms. The van der Waals surface area contributed by atoms with Gasteiger partial charge in [0, 0.05) is 26.2 Å². The van der Waals surface area contributed by atoms with Crippen molar-refractivity contribution < 1.29 is 18.7 Å². The van der Waals surface area contributed by atoms with Crippen molar-refractivity contribution in [2.24, 2.45) is 0 Å². The number of carbonyl (C=O) groups is 2. The van der Waals surface area contributed by atoms with Crippen molar-refractivity contribution in [2.75, 3.05) is 32.7 Å². The summed E-state index contributed by atoms with van der Waals surface area (Å²) in [6.45, 7) is 7.36. The number of halogens is 1. The Bertz CT molecular complexity index is 601. The Balaban J connectivity index is 1.56. The second-order valence-corrected chi connectivity index (χ2v) is 6.80. The van der Waals surface area contributed by atoms with Gasteiger partial charge in [0.15, 0.2) is 0 Å². The minimum atomic E-state index is -0.378. The molecule has 1 aromatic rings. The van der Waals surface area contributed by atoms with Gasteiger partial charge in [0.1, 0.15) is 5.82 Å². The van der Waals surface area contributed by atoms with Crippen LogP contribution in [0.25, 0.3) is 0 Å². The molecule has 1 aliphatic rings. The molecule has 1 fully saturated rings. The standard InChI is InChI=1S/C19H28FN3O3/c1-14-12-23(13-15(2)26-14)8-4-7-21-19(25)11-22-18(24)10-16-5-3-6-17(20)9-16/h3,5-6,9,14-15H,4,7-8,10-13H2,1-2H3,(H,21,25)(H,22,24). The maximum absolute atomic E-state index is 13.1. The summed E-state index contributed by atoms with van der Waals surface area (Å²) in [6.07, 6.45) is 1.38. The average Bonchev–Trinajstić information content (AvgIpc) is 2.56. The Kier molecular flexibility index (Phi) is 8.00. The zero-order chi connectivity index (χ0) is 18.9. The van der Waals surface area contributed by atoms with Gasteiger partial charge in [-0.05, 0) is 38.0 Å². The summed E-state index contributed by atoms with van der Waals surface area (Å²) < 4.78 is 18.8. The van der Waals surface area contributed by atoms with Crippen LogP contribution in [-0.4, -0.2) is 61.6 Å². The molecule has 0 aromatic heterocycles. The molecule has 26 heavy (non-hydrogen) atoms. The summed E-state index contributed by atoms with van der Waals surface area (Å²) in [5, 5.41) is 5.35. The average molecular weight is 365 g/mol. The molecular weight excluding hydrogens is 337 g/mol. The van der Waals surface area contributed by atoms with Gasteiger partial charge in [0.05, 0.1) is 25.2 Å². The van der Waals surface area contributed by atoms with E-state index in [-0.39, 0.29) is 42.8 Å². The lowest BCUT2D eigenvalue weighted by molar-refractivity contribution is -0.125. The van der Waals surface area contributed by atoms with E-state index in [4.69, 9.17) is 4.74 Å². The third-order valence-corrected chi connectivity index (χ3v) is 4.17. The molecule has 1 aliphatic heterocycles. The van der Waals surface area contributed by atoms with Crippen LogP contribution in [-0.2, 0) is 20.7 Å². The number of hydrogen-bond donors (Lipinski definition) is 2. The molecule has 1 saturated heterocycles. The fourth-order valence-electron chi connectivity index (χ4n) is 3.13. The van der Waals surface area contributed by atoms with Crippen molar-refractivity contribution in [3.63, 3.8) is 0 Å². The fraction of sp³-hybridized carbons (Fsp3) is 0.579. The summed E-state index contributed by atoms with van der Waals surface area (Å²) in [4.78, 5) is 25.9. The number of benzene rings is 1. The zero-order valence-electron chi connectivity index (χ0n) is 15.5. The van der Waals surface area contributed by atoms with E-state index in [0.29, 0.717) is 12.1 Å². The maximum atomic E-state index is 13.1. The van der Waals surface area contributed by atoms with Crippen LogP contribution < -0.4 is 10.6 Å². The van der Waals surface area contributed by atoms with Crippen molar-refractivity contribution in [3.8, 4) is 0 Å². The van der Waals surface area contributed by atoms with E-state index in [1.807, 2.05) is 0 Å². The van der Waals surface area contributed by atoms with Gasteiger partial charge in [-0.25, -0.2) is 4.39 Å². The largest absolute Gasteiger partial charge is 0.373 e. The van der Waals surface area contributed by atoms with Gasteiger partial charge in [0.2, 0.25) is 11.8 Å². The molecule has 2 rings (SSSR count). The highest BCUT2D eigenvalue weighted by Crippen LogP contribution is 2.10. The highest BCUT2D eigenvalue weighted by Gasteiger charge is 2.21. The van der Waals surface area contributed by atoms with Crippen LogP contribution in [0.5, 0.6) is 0 Å². The quantitative estimate of drug-likeness (QED) is 0.677. The lowest BCUT2D eigenvalue weighted by atomic mass is 10.1. The summed E-state index contributed by atoms with van der Waals surface area (Å²) in [7, 11) is 0. The van der Waals surface area contributed by atoms with Crippen LogP contribution >= 0.6 is 0 Å². The van der Waals surface area contributed by atoms with Crippen molar-refractivity contribution in [2.45, 2.75) is 38.9 Å². The number of morpholine rings is 1. The first-order valence-corrected chi connectivity index (χ1v) is 9.08. The highest BCUT2D eigenvalue weighted by atomic mass is 19.1. The third-order valence-electron chi connectivity index (χ3n) is 4.17. The Morgan fingerprint density at radius 2 is 1.92 bits per heavy atom. The number of nitrogens with one attached hydrogen (secondary N) is 2. The minimum absolute atomic E-state index is 0.0540. The second-order valence-electron chi connectivity index (χ2n) is 6.80. The molecule has 0 aliphatic carbocycles. The molecule has 1 aromatic carbocycles. The highest BCUT2D eigenvalue weighted by molar-refractivity contribution is 5.85. The predicted molar refractivity (Wildman–Crippen MR) is 97.2 cm³/mol. The van der Waals surface area contributed by atoms with Crippen LogP contribution in [0, 0.1) is 5.82 Å². The van der Waals surface area contributed by atoms with Crippen molar-refractivity contribution in [1.82, 2.24) is 15.5 Å². The molecular formula is C19H28FN3O3. The van der Waals surface area contributed by atoms with E-state index < -0.39 is 0 Å². The number of ether oxygens (including phenoxy) is 1. The monoisotopic (exact) mass is 365 g/mol. The first-order valence-electron chi connectivity index (χ1n) is 9.08. The molecule has 2 amide bonds. The maximum Gasteiger partial charge on any atom is 0.239 e. The SMILES string of the molecule is CC1CN(CCCNC(=O)CNC(=O)Cc2cccc(F)c2)CC(C)O1. The summed E-state index contributed by atoms with van der Waals surface area (Å²) in [5.41, 5.74) is 0.580. The summed E-state index contributed by atoms with van der Waals surface area (Å²) in [5.74, 6) is -0.902. The lowest BCUT2D eigenvalue weighted by Gasteiger charge is -2.35. The van der Waals surface area contributed by atoms with Gasteiger partial charge in [-0.2, -0.15) is 0 Å². The summed E-state index contributed by atoms with van der Waals surface area (Å²) >= 11 is 0. The van der Waals surface area contributed by atoms with Crippen molar-refractivity contribution in [3.05, 3.63) is 35.6 Å². The molecule has 6 nitrogen and oxygen atoms in total. The predicted octanol–water partition coefficient (Wildman–Crippen LogP) is 1.10. The van der Waals surface area contributed by atoms with Crippen molar-refractivity contribution in [1.29, 1.82) is 0 Å². The molecule has 2 atom stereocenters. The van der Waals surface area contributed by atoms with E-state index in [1.54, 1.807) is 12.1 Å². The van der Waals surface area contributed by atoms with Crippen LogP contribution in [0.3, 0.4) is 0 Å². The number of carbonyl (C=O) groups excluding carboxylic acids is 2. The van der Waals surface area contributed by atoms with E-state index in [9.17, 15) is 14.0 Å². The molecule has 0 bridgehead atoms. The zero-order valence-corrected chi connectivity index (χ0v) is 15.5. The molecule has 7 heteroatoms. The third kappa shape index (κ3) is 7.49. The van der Waals surface area contributed by atoms with Crippen molar-refractivity contribution >= 4 is 11.8 Å². The number of rotatable bonds is 8. The van der Waals surface area contributed by atoms with Gasteiger partial charge >= 0.3 is 0 Å². The molecule has 0 saturated carbocycles. The smallest absolute Gasteiger partial charge is 0.239 e. The Morgan fingerprint density at radius 3 is 2.62 bits per heavy atom. The van der Waals surface area contributed by atoms with Gasteiger partial charge in [-0.15, -0.1) is 0 Å². The lowest BCUT2D eigenvalue weighted by Crippen LogP contribution is -2.46. The van der Waals surface area contributed by atoms with Crippen LogP contribution in [0.4, 0.5) is 4.39 Å². The van der Waals surface area contributed by atoms with E-state index >= 15 is 0 Å². The Hall–Kier alpha value is -1.99.